The Hall–Kier alpha value is 0.240. The van der Waals surface area contributed by atoms with Crippen LogP contribution >= 0.6 is 163 Å². The van der Waals surface area contributed by atoms with Crippen LogP contribution in [0, 0.1) is 5.92 Å². The van der Waals surface area contributed by atoms with Crippen LogP contribution < -0.4 is 10.6 Å². The van der Waals surface area contributed by atoms with Crippen LogP contribution in [-0.4, -0.2) is 88.8 Å². The highest BCUT2D eigenvalue weighted by atomic mass is 33.1. The van der Waals surface area contributed by atoms with Crippen molar-refractivity contribution in [3.05, 3.63) is 39.3 Å². The summed E-state index contributed by atoms with van der Waals surface area (Å²) < 4.78 is 3.10. The maximum atomic E-state index is 15.1. The van der Waals surface area contributed by atoms with Crippen molar-refractivity contribution < 1.29 is 34.1 Å². The minimum Gasteiger partial charge on any atom is -0.478 e. The summed E-state index contributed by atoms with van der Waals surface area (Å²) in [6, 6.07) is 0. The molecule has 9 nitrogen and oxygen atoms in total. The van der Waals surface area contributed by atoms with Crippen molar-refractivity contribution in [1.29, 1.82) is 0 Å². The Morgan fingerprint density at radius 3 is 0.903 bits per heavy atom. The van der Waals surface area contributed by atoms with Gasteiger partial charge < -0.3 is 25.6 Å². The van der Waals surface area contributed by atoms with Gasteiger partial charge in [-0.3, -0.25) is 4.79 Å². The van der Waals surface area contributed by atoms with Gasteiger partial charge in [0.05, 0.1) is 47.1 Å². The SMILES string of the molecule is CC(C)(C)OC(=O)NCCSSCCNC(=O)c1c2c(c([C](c3c4c(c(C(=O)O)c5c3SC(C)(C)S5)SC(C)(C)S4)c3c4c(c(C(=O)O)c5c3SC(C)(C)S5)SC(C)(C)S4)c3c1SC(C)(C)S3)SC(C)(C)S2. The van der Waals surface area contributed by atoms with Crippen LogP contribution in [0.2, 0.25) is 0 Å². The fraction of sp³-hybridized carbons (Fsp3) is 0.531. The van der Waals surface area contributed by atoms with Gasteiger partial charge >= 0.3 is 18.0 Å². The number of amides is 2. The second-order valence-electron chi connectivity index (χ2n) is 21.1. The third kappa shape index (κ3) is 11.4. The zero-order valence-corrected chi connectivity index (χ0v) is 53.9. The molecule has 0 aliphatic carbocycles. The number of fused-ring (bicyclic) bond motifs is 6. The monoisotopic (exact) mass is 1230 g/mol. The maximum Gasteiger partial charge on any atom is 0.407 e. The van der Waals surface area contributed by atoms with Gasteiger partial charge in [0.15, 0.2) is 0 Å². The molecule has 0 aromatic heterocycles. The van der Waals surface area contributed by atoms with E-state index in [9.17, 15) is 24.6 Å². The molecule has 9 rings (SSSR count). The second-order valence-corrected chi connectivity index (χ2v) is 45.0. The van der Waals surface area contributed by atoms with Crippen molar-refractivity contribution in [2.45, 2.75) is 193 Å². The predicted molar refractivity (Wildman–Crippen MR) is 320 cm³/mol. The van der Waals surface area contributed by atoms with Crippen molar-refractivity contribution in [2.75, 3.05) is 24.6 Å². The summed E-state index contributed by atoms with van der Waals surface area (Å²) in [4.78, 5) is 65.4. The number of rotatable bonds is 13. The minimum absolute atomic E-state index is 0.116. The number of aromatic carboxylic acids is 2. The highest BCUT2D eigenvalue weighted by molar-refractivity contribution is 8.76. The number of carboxylic acids is 2. The molecule has 3 aromatic rings. The number of alkyl carbamates (subject to hydrolysis) is 1. The van der Waals surface area contributed by atoms with Gasteiger partial charge in [-0.15, -0.1) is 141 Å². The van der Waals surface area contributed by atoms with Crippen LogP contribution in [0.3, 0.4) is 0 Å². The van der Waals surface area contributed by atoms with Crippen molar-refractivity contribution >= 4 is 187 Å². The van der Waals surface area contributed by atoms with E-state index in [2.05, 4.69) is 93.7 Å². The molecule has 0 fully saturated rings. The molecule has 6 aliphatic rings. The largest absolute Gasteiger partial charge is 0.478 e. The standard InChI is InChI=1S/C49H57N2O7S14/c1-43(2,3)58-42(57)51-17-19-60-59-18-16-50-39(52)24-33-27(61-44(4,5)67-33)21(28-34(24)68-45(6,7)62-28)20(22-29-35(69-46(8,9)63-29)25(40(53)54)36-30(22)64-47(10,11)70-36)23-31-37(71-48(12,13)65-31)26(41(55)56)38-32(23)66-49(14,15)72-38/h16-19H2,1-15H3,(H,50,52)(H,51,57)(H,53,54)(H,55,56). The normalized spacial score (nSPS) is 20.7. The van der Waals surface area contributed by atoms with Crippen molar-refractivity contribution in [2.24, 2.45) is 0 Å². The van der Waals surface area contributed by atoms with Gasteiger partial charge in [0.2, 0.25) is 0 Å². The molecule has 23 heteroatoms. The summed E-state index contributed by atoms with van der Waals surface area (Å²) in [7, 11) is 3.29. The number of carbonyl (C=O) groups excluding carboxylic acids is 2. The highest BCUT2D eigenvalue weighted by Crippen LogP contribution is 2.74. The number of carbonyl (C=O) groups is 4. The van der Waals surface area contributed by atoms with E-state index in [1.807, 2.05) is 20.8 Å². The zero-order chi connectivity index (χ0) is 52.6. The molecule has 0 bridgehead atoms. The Morgan fingerprint density at radius 2 is 0.653 bits per heavy atom. The summed E-state index contributed by atoms with van der Waals surface area (Å²) in [6.45, 7) is 32.7. The lowest BCUT2D eigenvalue weighted by Gasteiger charge is -2.31. The first-order valence-electron chi connectivity index (χ1n) is 23.0. The number of benzene rings is 3. The fourth-order valence-corrected chi connectivity index (χ4v) is 28.3. The molecule has 6 heterocycles. The molecule has 72 heavy (non-hydrogen) atoms. The highest BCUT2D eigenvalue weighted by Gasteiger charge is 2.54. The Morgan fingerprint density at radius 1 is 0.417 bits per heavy atom. The molecule has 0 unspecified atom stereocenters. The molecule has 3 aromatic carbocycles. The molecule has 0 saturated carbocycles. The molecule has 2 amide bonds. The predicted octanol–water partition coefficient (Wildman–Crippen LogP) is 17.3. The van der Waals surface area contributed by atoms with Crippen molar-refractivity contribution in [3.63, 3.8) is 0 Å². The lowest BCUT2D eigenvalue weighted by molar-refractivity contribution is 0.0529. The van der Waals surface area contributed by atoms with E-state index in [1.165, 1.54) is 0 Å². The fourth-order valence-electron chi connectivity index (χ4n) is 8.80. The van der Waals surface area contributed by atoms with Crippen LogP contribution in [-0.2, 0) is 4.74 Å². The lowest BCUT2D eigenvalue weighted by atomic mass is 9.83. The third-order valence-electron chi connectivity index (χ3n) is 10.9. The zero-order valence-electron chi connectivity index (χ0n) is 42.5. The van der Waals surface area contributed by atoms with Gasteiger partial charge in [0.1, 0.15) is 5.60 Å². The molecular weight excluding hydrogens is 1180 g/mol. The number of ether oxygens (including phenoxy) is 1. The average molecular weight is 1230 g/mol. The smallest absolute Gasteiger partial charge is 0.407 e. The van der Waals surface area contributed by atoms with Crippen LogP contribution in [0.25, 0.3) is 0 Å². The van der Waals surface area contributed by atoms with Gasteiger partial charge in [-0.25, -0.2) is 14.4 Å². The molecule has 0 saturated heterocycles. The number of thioether (sulfide) groups is 12. The van der Waals surface area contributed by atoms with E-state index < -0.39 is 23.6 Å². The molecule has 0 atom stereocenters. The summed E-state index contributed by atoms with van der Waals surface area (Å²) in [5.74, 6) is 0.375. The molecule has 0 spiro atoms. The Labute approximate surface area is 482 Å². The van der Waals surface area contributed by atoms with Crippen molar-refractivity contribution in [1.82, 2.24) is 10.6 Å². The summed E-state index contributed by atoms with van der Waals surface area (Å²) in [5, 5.41) is 28.5. The third-order valence-corrected chi connectivity index (χ3v) is 30.4. The van der Waals surface area contributed by atoms with Crippen molar-refractivity contribution in [3.8, 4) is 0 Å². The Bertz CT molecular complexity index is 2630. The van der Waals surface area contributed by atoms with Crippen LogP contribution in [0.15, 0.2) is 58.7 Å². The summed E-state index contributed by atoms with van der Waals surface area (Å²) in [6.07, 6.45) is -0.435. The quantitative estimate of drug-likeness (QED) is 0.0732. The van der Waals surface area contributed by atoms with Crippen LogP contribution in [0.5, 0.6) is 0 Å². The van der Waals surface area contributed by atoms with Gasteiger partial charge in [-0.1, -0.05) is 21.6 Å². The molecular formula is C49H57N2O7S14. The first-order valence-corrected chi connectivity index (χ1v) is 35.3. The van der Waals surface area contributed by atoms with E-state index in [4.69, 9.17) is 4.74 Å². The molecule has 1 radical (unpaired) electrons. The van der Waals surface area contributed by atoms with Gasteiger partial charge in [-0.05, 0) is 121 Å². The molecule has 6 aliphatic heterocycles. The first kappa shape index (κ1) is 56.9. The van der Waals surface area contributed by atoms with Gasteiger partial charge in [0, 0.05) is 83.3 Å². The van der Waals surface area contributed by atoms with Crippen LogP contribution in [0.4, 0.5) is 4.79 Å². The lowest BCUT2D eigenvalue weighted by Crippen LogP contribution is -2.33. The van der Waals surface area contributed by atoms with E-state index in [0.717, 1.165) is 81.4 Å². The van der Waals surface area contributed by atoms with Gasteiger partial charge in [-0.2, -0.15) is 0 Å². The van der Waals surface area contributed by atoms with E-state index >= 15 is 4.79 Å². The summed E-state index contributed by atoms with van der Waals surface area (Å²) >= 11 is 20.4. The first-order chi connectivity index (χ1) is 33.2. The number of hydrogen-bond donors (Lipinski definition) is 4. The molecule has 4 N–H and O–H groups in total. The maximum absolute atomic E-state index is 15.1. The number of hydrogen-bond acceptors (Lipinski definition) is 19. The Balaban J connectivity index is 1.27. The Kier molecular flexibility index (Phi) is 15.9. The number of carboxylic acid groups (broad SMARTS) is 2. The van der Waals surface area contributed by atoms with Crippen LogP contribution in [0.1, 0.15) is 152 Å². The second kappa shape index (κ2) is 20.1. The van der Waals surface area contributed by atoms with E-state index in [-0.39, 0.29) is 30.4 Å². The summed E-state index contributed by atoms with van der Waals surface area (Å²) in [5.41, 5.74) is 3.92. The molecule has 389 valence electrons. The number of nitrogens with one attached hydrogen (secondary N) is 2. The van der Waals surface area contributed by atoms with E-state index in [0.29, 0.717) is 41.3 Å². The van der Waals surface area contributed by atoms with E-state index in [1.54, 1.807) is 163 Å². The van der Waals surface area contributed by atoms with Gasteiger partial charge in [0.25, 0.3) is 5.91 Å². The average Bonchev–Trinajstić information content (AvgIpc) is 4.02. The topological polar surface area (TPSA) is 142 Å². The minimum atomic E-state index is -0.936.